The van der Waals surface area contributed by atoms with Crippen molar-refractivity contribution < 1.29 is 18.3 Å². The van der Waals surface area contributed by atoms with E-state index in [1.807, 2.05) is 19.1 Å². The maximum absolute atomic E-state index is 12.4. The van der Waals surface area contributed by atoms with Crippen LogP contribution < -0.4 is 5.73 Å². The van der Waals surface area contributed by atoms with E-state index in [0.29, 0.717) is 31.8 Å². The Morgan fingerprint density at radius 3 is 2.48 bits per heavy atom. The van der Waals surface area contributed by atoms with E-state index in [-0.39, 0.29) is 30.5 Å². The molecule has 2 aliphatic rings. The highest BCUT2D eigenvalue weighted by Crippen LogP contribution is 2.40. The van der Waals surface area contributed by atoms with Crippen LogP contribution in [0.4, 0.5) is 0 Å². The van der Waals surface area contributed by atoms with Crippen molar-refractivity contribution >= 4 is 22.4 Å². The van der Waals surface area contributed by atoms with Crippen molar-refractivity contribution in [3.05, 3.63) is 28.8 Å². The summed E-state index contributed by atoms with van der Waals surface area (Å²) in [6, 6.07) is 3.89. The molecule has 2 heterocycles. The molecular formula is C19H31ClN2O4S. The molecule has 1 saturated heterocycles. The molecule has 6 nitrogen and oxygen atoms in total. The smallest absolute Gasteiger partial charge is 0.216 e. The van der Waals surface area contributed by atoms with E-state index in [1.54, 1.807) is 18.2 Å². The van der Waals surface area contributed by atoms with Gasteiger partial charge in [0, 0.05) is 31.6 Å². The van der Waals surface area contributed by atoms with Gasteiger partial charge < -0.3 is 15.6 Å². The van der Waals surface area contributed by atoms with Gasteiger partial charge in [-0.05, 0) is 50.7 Å². The fourth-order valence-electron chi connectivity index (χ4n) is 4.08. The monoisotopic (exact) mass is 418 g/mol. The summed E-state index contributed by atoms with van der Waals surface area (Å²) in [5.74, 6) is 0.616. The van der Waals surface area contributed by atoms with Gasteiger partial charge in [-0.25, -0.2) is 12.7 Å². The van der Waals surface area contributed by atoms with E-state index in [1.165, 1.54) is 0 Å². The Labute approximate surface area is 168 Å². The molecule has 0 saturated carbocycles. The molecule has 2 aliphatic heterocycles. The van der Waals surface area contributed by atoms with Crippen LogP contribution in [-0.4, -0.2) is 48.8 Å². The average Bonchev–Trinajstić information content (AvgIpc) is 2.64. The minimum atomic E-state index is -3.20. The minimum Gasteiger partial charge on any atom is -0.507 e. The van der Waals surface area contributed by atoms with Crippen LogP contribution in [0.1, 0.15) is 49.5 Å². The topological polar surface area (TPSA) is 92.9 Å². The molecule has 1 aromatic carbocycles. The predicted octanol–water partition coefficient (Wildman–Crippen LogP) is 2.51. The highest BCUT2D eigenvalue weighted by atomic mass is 35.5. The van der Waals surface area contributed by atoms with Gasteiger partial charge in [-0.1, -0.05) is 12.1 Å². The number of hydrogen-bond donors (Lipinski definition) is 2. The summed E-state index contributed by atoms with van der Waals surface area (Å²) in [6.07, 6.45) is 1.95. The van der Waals surface area contributed by atoms with Gasteiger partial charge in [0.05, 0.1) is 17.5 Å². The van der Waals surface area contributed by atoms with E-state index in [2.05, 4.69) is 0 Å². The Morgan fingerprint density at radius 2 is 1.93 bits per heavy atom. The second kappa shape index (κ2) is 8.66. The number of nitrogens with two attached hydrogens (primary N) is 1. The molecule has 0 unspecified atom stereocenters. The Balaban J connectivity index is 0.00000261. The van der Waals surface area contributed by atoms with Crippen molar-refractivity contribution in [3.8, 4) is 5.75 Å². The summed E-state index contributed by atoms with van der Waals surface area (Å²) in [5.41, 5.74) is 8.69. The molecule has 0 aromatic heterocycles. The van der Waals surface area contributed by atoms with Gasteiger partial charge >= 0.3 is 0 Å². The van der Waals surface area contributed by atoms with Crippen molar-refractivity contribution in [1.82, 2.24) is 4.31 Å². The number of fused-ring (bicyclic) bond motifs is 1. The highest BCUT2D eigenvalue weighted by molar-refractivity contribution is 7.89. The Morgan fingerprint density at radius 1 is 1.30 bits per heavy atom. The maximum atomic E-state index is 12.4. The van der Waals surface area contributed by atoms with Crippen LogP contribution >= 0.6 is 12.4 Å². The second-order valence-electron chi connectivity index (χ2n) is 7.73. The van der Waals surface area contributed by atoms with Crippen LogP contribution in [0, 0.1) is 12.8 Å². The third kappa shape index (κ3) is 4.27. The third-order valence-electron chi connectivity index (χ3n) is 5.81. The summed E-state index contributed by atoms with van der Waals surface area (Å²) in [6.45, 7) is 6.77. The van der Waals surface area contributed by atoms with Gasteiger partial charge in [-0.2, -0.15) is 0 Å². The lowest BCUT2D eigenvalue weighted by Gasteiger charge is -2.40. The normalized spacial score (nSPS) is 24.5. The summed E-state index contributed by atoms with van der Waals surface area (Å²) in [5, 5.41) is 10.1. The SMILES string of the molecule is Cc1ccc2c(c1O)C[C@@H](C1CCN(S(=O)(=O)C(C)C)CC1)O[C@H]2CN.Cl. The van der Waals surface area contributed by atoms with Crippen molar-refractivity contribution in [1.29, 1.82) is 0 Å². The van der Waals surface area contributed by atoms with Crippen LogP contribution in [0.5, 0.6) is 5.75 Å². The van der Waals surface area contributed by atoms with E-state index in [4.69, 9.17) is 10.5 Å². The van der Waals surface area contributed by atoms with Gasteiger partial charge in [0.25, 0.3) is 0 Å². The lowest BCUT2D eigenvalue weighted by Crippen LogP contribution is -2.45. The summed E-state index contributed by atoms with van der Waals surface area (Å²) >= 11 is 0. The van der Waals surface area contributed by atoms with Crippen molar-refractivity contribution in [3.63, 3.8) is 0 Å². The number of halogens is 1. The van der Waals surface area contributed by atoms with Gasteiger partial charge in [-0.15, -0.1) is 12.4 Å². The number of phenolic OH excluding ortho intramolecular Hbond substituents is 1. The van der Waals surface area contributed by atoms with Crippen molar-refractivity contribution in [2.45, 2.75) is 57.5 Å². The average molecular weight is 419 g/mol. The molecule has 1 aromatic rings. The first kappa shape index (κ1) is 22.4. The molecule has 0 spiro atoms. The zero-order valence-corrected chi connectivity index (χ0v) is 17.9. The third-order valence-corrected chi connectivity index (χ3v) is 8.08. The summed E-state index contributed by atoms with van der Waals surface area (Å²) in [7, 11) is -3.20. The van der Waals surface area contributed by atoms with E-state index >= 15 is 0 Å². The van der Waals surface area contributed by atoms with E-state index in [0.717, 1.165) is 29.5 Å². The number of aryl methyl sites for hydroxylation is 1. The standard InChI is InChI=1S/C19H30N2O4S.ClH/c1-12(2)26(23,24)21-8-6-14(7-9-21)17-10-16-15(18(11-20)25-17)5-4-13(3)19(16)22;/h4-5,12,14,17-18,22H,6-11,20H2,1-3H3;1H/t17-,18-;/m0./s1. The van der Waals surface area contributed by atoms with Crippen molar-refractivity contribution in [2.75, 3.05) is 19.6 Å². The zero-order chi connectivity index (χ0) is 19.1. The first-order chi connectivity index (χ1) is 12.3. The number of ether oxygens (including phenoxy) is 1. The van der Waals surface area contributed by atoms with Crippen LogP contribution in [0.3, 0.4) is 0 Å². The summed E-state index contributed by atoms with van der Waals surface area (Å²) < 4.78 is 32.6. The molecule has 8 heteroatoms. The molecule has 27 heavy (non-hydrogen) atoms. The molecule has 2 atom stereocenters. The summed E-state index contributed by atoms with van der Waals surface area (Å²) in [4.78, 5) is 0. The number of hydrogen-bond acceptors (Lipinski definition) is 5. The fourth-order valence-corrected chi connectivity index (χ4v) is 5.40. The Kier molecular flexibility index (Phi) is 7.19. The van der Waals surface area contributed by atoms with Crippen LogP contribution in [-0.2, 0) is 21.2 Å². The molecule has 0 amide bonds. The maximum Gasteiger partial charge on any atom is 0.216 e. The molecule has 1 fully saturated rings. The number of benzene rings is 1. The number of rotatable bonds is 4. The number of nitrogens with zero attached hydrogens (tertiary/aromatic N) is 1. The number of aromatic hydroxyl groups is 1. The Bertz CT molecular complexity index is 761. The number of phenols is 1. The van der Waals surface area contributed by atoms with Crippen molar-refractivity contribution in [2.24, 2.45) is 11.7 Å². The van der Waals surface area contributed by atoms with E-state index in [9.17, 15) is 13.5 Å². The Hall–Kier alpha value is -0.860. The second-order valence-corrected chi connectivity index (χ2v) is 10.2. The quantitative estimate of drug-likeness (QED) is 0.783. The lowest BCUT2D eigenvalue weighted by molar-refractivity contribution is -0.0612. The van der Waals surface area contributed by atoms with Gasteiger partial charge in [0.15, 0.2) is 0 Å². The molecule has 0 bridgehead atoms. The van der Waals surface area contributed by atoms with Crippen LogP contribution in [0.2, 0.25) is 0 Å². The first-order valence-electron chi connectivity index (χ1n) is 9.41. The number of sulfonamides is 1. The zero-order valence-electron chi connectivity index (χ0n) is 16.2. The molecule has 3 N–H and O–H groups in total. The first-order valence-corrected chi connectivity index (χ1v) is 10.9. The fraction of sp³-hybridized carbons (Fsp3) is 0.684. The molecular weight excluding hydrogens is 388 g/mol. The molecule has 3 rings (SSSR count). The molecule has 154 valence electrons. The van der Waals surface area contributed by atoms with Gasteiger partial charge in [-0.3, -0.25) is 0 Å². The minimum absolute atomic E-state index is 0. The van der Waals surface area contributed by atoms with Gasteiger partial charge in [0.1, 0.15) is 5.75 Å². The predicted molar refractivity (Wildman–Crippen MR) is 109 cm³/mol. The van der Waals surface area contributed by atoms with Gasteiger partial charge in [0.2, 0.25) is 10.0 Å². The molecule has 0 aliphatic carbocycles. The number of piperidine rings is 1. The largest absolute Gasteiger partial charge is 0.507 e. The van der Waals surface area contributed by atoms with Crippen LogP contribution in [0.15, 0.2) is 12.1 Å². The van der Waals surface area contributed by atoms with Crippen LogP contribution in [0.25, 0.3) is 0 Å². The molecule has 0 radical (unpaired) electrons. The highest BCUT2D eigenvalue weighted by Gasteiger charge is 2.37. The lowest BCUT2D eigenvalue weighted by atomic mass is 9.83. The van der Waals surface area contributed by atoms with E-state index < -0.39 is 15.3 Å².